The third kappa shape index (κ3) is 9.82. The molecule has 0 saturated carbocycles. The molecule has 0 aliphatic carbocycles. The van der Waals surface area contributed by atoms with Gasteiger partial charge in [-0.3, -0.25) is 24.5 Å². The minimum Gasteiger partial charge on any atom is -0.357 e. The van der Waals surface area contributed by atoms with Crippen molar-refractivity contribution in [2.75, 3.05) is 13.6 Å². The Bertz CT molecular complexity index is 944. The maximum absolute atomic E-state index is 13.2. The fourth-order valence-electron chi connectivity index (χ4n) is 3.70. The Hall–Kier alpha value is -3.18. The van der Waals surface area contributed by atoms with E-state index in [9.17, 15) is 37.7 Å². The number of hydrogen-bond donors (Lipinski definition) is 3. The van der Waals surface area contributed by atoms with Gasteiger partial charge >= 0.3 is 6.18 Å². The van der Waals surface area contributed by atoms with E-state index in [0.717, 1.165) is 12.1 Å². The predicted octanol–water partition coefficient (Wildman–Crippen LogP) is 2.95. The van der Waals surface area contributed by atoms with Crippen molar-refractivity contribution in [1.29, 1.82) is 0 Å². The zero-order chi connectivity index (χ0) is 27.8. The first kappa shape index (κ1) is 30.9. The third-order valence-corrected chi connectivity index (χ3v) is 5.48. The maximum Gasteiger partial charge on any atom is 0.416 e. The number of likely N-dealkylation sites (N-methyl/N-ethyl adjacent to an activating group) is 1. The Morgan fingerprint density at radius 1 is 1.03 bits per heavy atom. The number of halogens is 3. The molecule has 0 heterocycles. The lowest BCUT2D eigenvalue weighted by Crippen LogP contribution is -2.59. The van der Waals surface area contributed by atoms with Crippen LogP contribution in [0.1, 0.15) is 52.2 Å². The van der Waals surface area contributed by atoms with Gasteiger partial charge in [-0.1, -0.05) is 52.8 Å². The number of hydrogen-bond acceptors (Lipinski definition) is 5. The van der Waals surface area contributed by atoms with Crippen LogP contribution in [0.4, 0.5) is 13.2 Å². The maximum atomic E-state index is 13.2. The number of carbonyl (C=O) groups excluding carboxylic acids is 3. The molecule has 3 amide bonds. The van der Waals surface area contributed by atoms with Crippen LogP contribution in [0.3, 0.4) is 0 Å². The monoisotopic (exact) mass is 516 g/mol. The molecule has 0 unspecified atom stereocenters. The van der Waals surface area contributed by atoms with Crippen LogP contribution in [0, 0.1) is 27.4 Å². The fraction of sp³-hybridized carbons (Fsp3) is 0.625. The van der Waals surface area contributed by atoms with E-state index in [1.54, 1.807) is 20.8 Å². The largest absolute Gasteiger partial charge is 0.416 e. The minimum atomic E-state index is -4.57. The first-order valence-corrected chi connectivity index (χ1v) is 11.6. The predicted molar refractivity (Wildman–Crippen MR) is 127 cm³/mol. The second-order valence-corrected chi connectivity index (χ2v) is 10.2. The van der Waals surface area contributed by atoms with Crippen molar-refractivity contribution in [1.82, 2.24) is 16.0 Å². The molecule has 1 aromatic rings. The number of nitro groups is 1. The molecule has 0 aromatic heterocycles. The summed E-state index contributed by atoms with van der Waals surface area (Å²) in [4.78, 5) is 49.1. The average Bonchev–Trinajstić information content (AvgIpc) is 2.73. The number of carbonyl (C=O) groups is 3. The van der Waals surface area contributed by atoms with Crippen LogP contribution < -0.4 is 16.0 Å². The highest BCUT2D eigenvalue weighted by Gasteiger charge is 2.37. The molecule has 1 rings (SSSR count). The van der Waals surface area contributed by atoms with E-state index in [0.29, 0.717) is 0 Å². The third-order valence-electron chi connectivity index (χ3n) is 5.48. The van der Waals surface area contributed by atoms with Crippen LogP contribution in [0.5, 0.6) is 0 Å². The van der Waals surface area contributed by atoms with E-state index < -0.39 is 64.3 Å². The number of rotatable bonds is 11. The summed E-state index contributed by atoms with van der Waals surface area (Å²) >= 11 is 0. The lowest BCUT2D eigenvalue weighted by molar-refractivity contribution is -0.486. The van der Waals surface area contributed by atoms with Crippen LogP contribution in [0.25, 0.3) is 0 Å². The normalized spacial score (nSPS) is 14.5. The zero-order valence-corrected chi connectivity index (χ0v) is 21.4. The molecule has 1 aromatic carbocycles. The number of nitrogens with one attached hydrogen (secondary N) is 3. The number of amides is 3. The summed E-state index contributed by atoms with van der Waals surface area (Å²) in [6.07, 6.45) is -4.56. The molecule has 0 radical (unpaired) electrons. The van der Waals surface area contributed by atoms with Crippen molar-refractivity contribution in [3.63, 3.8) is 0 Å². The highest BCUT2D eigenvalue weighted by molar-refractivity contribution is 5.93. The summed E-state index contributed by atoms with van der Waals surface area (Å²) in [6, 6.07) is 2.04. The standard InChI is InChI=1S/C24H35F3N4O5/c1-14(2)10-16(13-31(35)36)20(32)30-19(23(3,4)5)22(34)29-18(21(33)28-6)12-15-8-7-9-17(11-15)24(25,26)27/h7-9,11,14,16,18-19H,10,12-13H2,1-6H3,(H,28,33)(H,29,34)(H,30,32)/t16-,18+,19-/m1/s1. The van der Waals surface area contributed by atoms with Crippen molar-refractivity contribution in [3.05, 3.63) is 45.5 Å². The molecule has 0 spiro atoms. The van der Waals surface area contributed by atoms with Crippen molar-refractivity contribution in [2.45, 2.75) is 65.7 Å². The van der Waals surface area contributed by atoms with E-state index in [4.69, 9.17) is 0 Å². The Kier molecular flexibility index (Phi) is 10.9. The molecule has 9 nitrogen and oxygen atoms in total. The molecule has 0 aliphatic heterocycles. The molecule has 202 valence electrons. The molecule has 0 bridgehead atoms. The summed E-state index contributed by atoms with van der Waals surface area (Å²) in [5, 5.41) is 18.5. The van der Waals surface area contributed by atoms with Crippen LogP contribution >= 0.6 is 0 Å². The van der Waals surface area contributed by atoms with E-state index in [1.165, 1.54) is 19.2 Å². The summed E-state index contributed by atoms with van der Waals surface area (Å²) in [6.45, 7) is 8.04. The molecule has 0 fully saturated rings. The zero-order valence-electron chi connectivity index (χ0n) is 21.4. The van der Waals surface area contributed by atoms with E-state index in [1.807, 2.05) is 13.8 Å². The number of nitrogens with zero attached hydrogens (tertiary/aromatic N) is 1. The van der Waals surface area contributed by atoms with Crippen LogP contribution in [0.2, 0.25) is 0 Å². The number of benzene rings is 1. The van der Waals surface area contributed by atoms with Gasteiger partial charge in [0.1, 0.15) is 18.0 Å². The van der Waals surface area contributed by atoms with Crippen LogP contribution in [0.15, 0.2) is 24.3 Å². The molecule has 3 N–H and O–H groups in total. The summed E-state index contributed by atoms with van der Waals surface area (Å²) in [5.74, 6) is -3.00. The van der Waals surface area contributed by atoms with E-state index in [2.05, 4.69) is 16.0 Å². The van der Waals surface area contributed by atoms with Crippen molar-refractivity contribution in [3.8, 4) is 0 Å². The second kappa shape index (κ2) is 12.7. The Morgan fingerprint density at radius 3 is 2.11 bits per heavy atom. The first-order chi connectivity index (χ1) is 16.4. The molecular formula is C24H35F3N4O5. The topological polar surface area (TPSA) is 130 Å². The number of alkyl halides is 3. The summed E-state index contributed by atoms with van der Waals surface area (Å²) in [7, 11) is 1.32. The molecule has 3 atom stereocenters. The molecule has 12 heteroatoms. The highest BCUT2D eigenvalue weighted by atomic mass is 19.4. The summed E-state index contributed by atoms with van der Waals surface area (Å²) in [5.41, 5.74) is -1.55. The van der Waals surface area contributed by atoms with E-state index in [-0.39, 0.29) is 24.3 Å². The molecular weight excluding hydrogens is 481 g/mol. The van der Waals surface area contributed by atoms with Gasteiger partial charge in [-0.25, -0.2) is 0 Å². The van der Waals surface area contributed by atoms with E-state index >= 15 is 0 Å². The van der Waals surface area contributed by atoms with Crippen molar-refractivity contribution >= 4 is 17.7 Å². The van der Waals surface area contributed by atoms with Gasteiger partial charge in [0.2, 0.25) is 24.3 Å². The van der Waals surface area contributed by atoms with Gasteiger partial charge in [-0.15, -0.1) is 0 Å². The quantitative estimate of drug-likeness (QED) is 0.308. The Balaban J connectivity index is 3.17. The summed E-state index contributed by atoms with van der Waals surface area (Å²) < 4.78 is 39.3. The molecule has 36 heavy (non-hydrogen) atoms. The SMILES string of the molecule is CNC(=O)[C@H](Cc1cccc(C(F)(F)F)c1)NC(=O)[C@@H](NC(=O)[C@H](CC(C)C)C[N+](=O)[O-])C(C)(C)C. The van der Waals surface area contributed by atoms with Gasteiger partial charge in [0.15, 0.2) is 0 Å². The second-order valence-electron chi connectivity index (χ2n) is 10.2. The van der Waals surface area contributed by atoms with Gasteiger partial charge in [0, 0.05) is 18.4 Å². The smallest absolute Gasteiger partial charge is 0.357 e. The van der Waals surface area contributed by atoms with Gasteiger partial charge in [-0.2, -0.15) is 13.2 Å². The Morgan fingerprint density at radius 2 is 1.64 bits per heavy atom. The lowest BCUT2D eigenvalue weighted by Gasteiger charge is -2.32. The average molecular weight is 517 g/mol. The van der Waals surface area contributed by atoms with Gasteiger partial charge in [0.05, 0.1) is 5.56 Å². The Labute approximate surface area is 208 Å². The van der Waals surface area contributed by atoms with Crippen LogP contribution in [-0.2, 0) is 27.0 Å². The van der Waals surface area contributed by atoms with Gasteiger partial charge in [0.25, 0.3) is 0 Å². The fourth-order valence-corrected chi connectivity index (χ4v) is 3.70. The lowest BCUT2D eigenvalue weighted by atomic mass is 9.85. The molecule has 0 saturated heterocycles. The first-order valence-electron chi connectivity index (χ1n) is 11.6. The van der Waals surface area contributed by atoms with Crippen molar-refractivity contribution in [2.24, 2.45) is 17.3 Å². The van der Waals surface area contributed by atoms with Gasteiger partial charge < -0.3 is 16.0 Å². The molecule has 0 aliphatic rings. The van der Waals surface area contributed by atoms with Crippen molar-refractivity contribution < 1.29 is 32.5 Å². The highest BCUT2D eigenvalue weighted by Crippen LogP contribution is 2.30. The minimum absolute atomic E-state index is 0.00675. The van der Waals surface area contributed by atoms with Gasteiger partial charge in [-0.05, 0) is 29.4 Å². The van der Waals surface area contributed by atoms with Crippen LogP contribution in [-0.4, -0.2) is 48.3 Å².